The first-order valence-electron chi connectivity index (χ1n) is 5.13. The molecule has 0 aliphatic carbocycles. The van der Waals surface area contributed by atoms with Crippen LogP contribution >= 0.6 is 11.6 Å². The van der Waals surface area contributed by atoms with Gasteiger partial charge in [0.1, 0.15) is 5.69 Å². The third-order valence-electron chi connectivity index (χ3n) is 2.59. The van der Waals surface area contributed by atoms with Crippen LogP contribution in [0.3, 0.4) is 0 Å². The van der Waals surface area contributed by atoms with Crippen LogP contribution in [0.1, 0.15) is 10.5 Å². The first-order valence-corrected chi connectivity index (χ1v) is 5.51. The standard InChI is InChI=1S/C13H12ClNO2/c1-15-7-6-11(12(15)13(16)17-2)9-4-3-5-10(14)8-9/h3-8H,1-2H3. The van der Waals surface area contributed by atoms with Gasteiger partial charge >= 0.3 is 5.97 Å². The molecule has 0 N–H and O–H groups in total. The SMILES string of the molecule is COC(=O)c1c(-c2cccc(Cl)c2)ccn1C. The average molecular weight is 250 g/mol. The highest BCUT2D eigenvalue weighted by atomic mass is 35.5. The van der Waals surface area contributed by atoms with E-state index in [9.17, 15) is 4.79 Å². The first-order chi connectivity index (χ1) is 8.13. The van der Waals surface area contributed by atoms with E-state index in [2.05, 4.69) is 0 Å². The zero-order chi connectivity index (χ0) is 12.4. The van der Waals surface area contributed by atoms with Crippen molar-refractivity contribution >= 4 is 17.6 Å². The van der Waals surface area contributed by atoms with E-state index < -0.39 is 0 Å². The van der Waals surface area contributed by atoms with Gasteiger partial charge in [-0.15, -0.1) is 0 Å². The molecule has 17 heavy (non-hydrogen) atoms. The van der Waals surface area contributed by atoms with Crippen LogP contribution in [-0.4, -0.2) is 17.6 Å². The van der Waals surface area contributed by atoms with Gasteiger partial charge in [0.05, 0.1) is 7.11 Å². The summed E-state index contributed by atoms with van der Waals surface area (Å²) in [5.41, 5.74) is 2.25. The molecule has 2 aromatic rings. The van der Waals surface area contributed by atoms with Crippen molar-refractivity contribution in [3.63, 3.8) is 0 Å². The van der Waals surface area contributed by atoms with Crippen molar-refractivity contribution in [3.8, 4) is 11.1 Å². The number of benzene rings is 1. The molecular weight excluding hydrogens is 238 g/mol. The lowest BCUT2D eigenvalue weighted by molar-refractivity contribution is 0.0591. The number of nitrogens with zero attached hydrogens (tertiary/aromatic N) is 1. The maximum Gasteiger partial charge on any atom is 0.355 e. The number of halogens is 1. The highest BCUT2D eigenvalue weighted by Crippen LogP contribution is 2.27. The minimum atomic E-state index is -0.354. The lowest BCUT2D eigenvalue weighted by Gasteiger charge is -2.06. The molecule has 1 aromatic carbocycles. The topological polar surface area (TPSA) is 31.2 Å². The molecule has 0 spiro atoms. The molecule has 1 aromatic heterocycles. The third-order valence-corrected chi connectivity index (χ3v) is 2.82. The minimum Gasteiger partial charge on any atom is -0.464 e. The van der Waals surface area contributed by atoms with Crippen LogP contribution in [-0.2, 0) is 11.8 Å². The Morgan fingerprint density at radius 1 is 1.35 bits per heavy atom. The van der Waals surface area contributed by atoms with Crippen molar-refractivity contribution in [2.75, 3.05) is 7.11 Å². The van der Waals surface area contributed by atoms with Crippen molar-refractivity contribution in [3.05, 3.63) is 47.2 Å². The molecule has 0 aliphatic heterocycles. The van der Waals surface area contributed by atoms with Crippen molar-refractivity contribution < 1.29 is 9.53 Å². The van der Waals surface area contributed by atoms with Crippen LogP contribution in [0, 0.1) is 0 Å². The van der Waals surface area contributed by atoms with E-state index in [0.29, 0.717) is 10.7 Å². The number of rotatable bonds is 2. The van der Waals surface area contributed by atoms with Crippen molar-refractivity contribution in [2.45, 2.75) is 0 Å². The van der Waals surface area contributed by atoms with Crippen LogP contribution in [0.25, 0.3) is 11.1 Å². The van der Waals surface area contributed by atoms with Gasteiger partial charge in [0, 0.05) is 23.8 Å². The maximum absolute atomic E-state index is 11.7. The number of carbonyl (C=O) groups is 1. The number of ether oxygens (including phenoxy) is 1. The molecule has 0 bridgehead atoms. The number of carbonyl (C=O) groups excluding carboxylic acids is 1. The summed E-state index contributed by atoms with van der Waals surface area (Å²) in [7, 11) is 3.18. The molecule has 0 atom stereocenters. The number of hydrogen-bond donors (Lipinski definition) is 0. The maximum atomic E-state index is 11.7. The van der Waals surface area contributed by atoms with Gasteiger partial charge in [0.25, 0.3) is 0 Å². The summed E-state index contributed by atoms with van der Waals surface area (Å²) < 4.78 is 6.51. The molecule has 1 heterocycles. The second-order valence-electron chi connectivity index (χ2n) is 3.69. The Hall–Kier alpha value is -1.74. The number of hydrogen-bond acceptors (Lipinski definition) is 2. The van der Waals surface area contributed by atoms with Gasteiger partial charge < -0.3 is 9.30 Å². The van der Waals surface area contributed by atoms with E-state index in [1.807, 2.05) is 30.5 Å². The zero-order valence-electron chi connectivity index (χ0n) is 9.61. The molecule has 0 aliphatic rings. The molecule has 0 unspecified atom stereocenters. The Bertz CT molecular complexity index is 560. The van der Waals surface area contributed by atoms with Crippen molar-refractivity contribution in [1.82, 2.24) is 4.57 Å². The highest BCUT2D eigenvalue weighted by molar-refractivity contribution is 6.30. The van der Waals surface area contributed by atoms with Crippen LogP contribution in [0.15, 0.2) is 36.5 Å². The number of aromatic nitrogens is 1. The Morgan fingerprint density at radius 2 is 2.12 bits per heavy atom. The fourth-order valence-electron chi connectivity index (χ4n) is 1.77. The number of aryl methyl sites for hydroxylation is 1. The molecule has 88 valence electrons. The van der Waals surface area contributed by atoms with E-state index in [4.69, 9.17) is 16.3 Å². The smallest absolute Gasteiger partial charge is 0.355 e. The predicted molar refractivity (Wildman–Crippen MR) is 67.2 cm³/mol. The van der Waals surface area contributed by atoms with Crippen molar-refractivity contribution in [1.29, 1.82) is 0 Å². The minimum absolute atomic E-state index is 0.354. The van der Waals surface area contributed by atoms with Gasteiger partial charge in [0.15, 0.2) is 0 Å². The van der Waals surface area contributed by atoms with Gasteiger partial charge in [-0.3, -0.25) is 0 Å². The summed E-state index contributed by atoms with van der Waals surface area (Å²) in [6.07, 6.45) is 1.82. The van der Waals surface area contributed by atoms with E-state index in [-0.39, 0.29) is 5.97 Å². The summed E-state index contributed by atoms with van der Waals surface area (Å²) in [5.74, 6) is -0.354. The summed E-state index contributed by atoms with van der Waals surface area (Å²) in [4.78, 5) is 11.7. The lowest BCUT2D eigenvalue weighted by atomic mass is 10.1. The number of esters is 1. The molecule has 2 rings (SSSR count). The third kappa shape index (κ3) is 2.19. The number of methoxy groups -OCH3 is 1. The largest absolute Gasteiger partial charge is 0.464 e. The molecule has 0 radical (unpaired) electrons. The van der Waals surface area contributed by atoms with Gasteiger partial charge in [-0.1, -0.05) is 23.7 Å². The Kier molecular flexibility index (Phi) is 3.20. The molecule has 0 saturated heterocycles. The van der Waals surface area contributed by atoms with Crippen LogP contribution < -0.4 is 0 Å². The Balaban J connectivity index is 2.57. The molecule has 4 heteroatoms. The summed E-state index contributed by atoms with van der Waals surface area (Å²) in [6, 6.07) is 9.26. The average Bonchev–Trinajstić information content (AvgIpc) is 2.70. The van der Waals surface area contributed by atoms with E-state index in [1.165, 1.54) is 7.11 Å². The van der Waals surface area contributed by atoms with Crippen LogP contribution in [0.4, 0.5) is 0 Å². The molecule has 0 fully saturated rings. The van der Waals surface area contributed by atoms with Gasteiger partial charge in [0.2, 0.25) is 0 Å². The second kappa shape index (κ2) is 4.63. The van der Waals surface area contributed by atoms with Crippen molar-refractivity contribution in [2.24, 2.45) is 7.05 Å². The Labute approximate surface area is 105 Å². The molecule has 3 nitrogen and oxygen atoms in total. The molecular formula is C13H12ClNO2. The predicted octanol–water partition coefficient (Wildman–Crippen LogP) is 3.13. The Morgan fingerprint density at radius 3 is 2.76 bits per heavy atom. The lowest BCUT2D eigenvalue weighted by Crippen LogP contribution is -2.08. The second-order valence-corrected chi connectivity index (χ2v) is 4.13. The fourth-order valence-corrected chi connectivity index (χ4v) is 1.96. The summed E-state index contributed by atoms with van der Waals surface area (Å²) in [6.45, 7) is 0. The van der Waals surface area contributed by atoms with Gasteiger partial charge in [-0.25, -0.2) is 4.79 Å². The first kappa shape index (κ1) is 11.7. The summed E-state index contributed by atoms with van der Waals surface area (Å²) in [5, 5.41) is 0.641. The zero-order valence-corrected chi connectivity index (χ0v) is 10.4. The molecule has 0 saturated carbocycles. The normalized spacial score (nSPS) is 10.3. The van der Waals surface area contributed by atoms with E-state index in [0.717, 1.165) is 11.1 Å². The monoisotopic (exact) mass is 249 g/mol. The highest BCUT2D eigenvalue weighted by Gasteiger charge is 2.17. The van der Waals surface area contributed by atoms with Gasteiger partial charge in [-0.05, 0) is 23.8 Å². The summed E-state index contributed by atoms with van der Waals surface area (Å²) >= 11 is 5.94. The molecule has 0 amide bonds. The van der Waals surface area contributed by atoms with Crippen LogP contribution in [0.2, 0.25) is 5.02 Å². The van der Waals surface area contributed by atoms with E-state index in [1.54, 1.807) is 17.7 Å². The van der Waals surface area contributed by atoms with E-state index >= 15 is 0 Å². The fraction of sp³-hybridized carbons (Fsp3) is 0.154. The quantitative estimate of drug-likeness (QED) is 0.766. The van der Waals surface area contributed by atoms with Gasteiger partial charge in [-0.2, -0.15) is 0 Å². The van der Waals surface area contributed by atoms with Crippen LogP contribution in [0.5, 0.6) is 0 Å².